The van der Waals surface area contributed by atoms with Crippen molar-refractivity contribution in [1.82, 2.24) is 19.9 Å². The highest BCUT2D eigenvalue weighted by Gasteiger charge is 2.31. The van der Waals surface area contributed by atoms with Gasteiger partial charge in [0.15, 0.2) is 0 Å². The first-order chi connectivity index (χ1) is 13.0. The van der Waals surface area contributed by atoms with Gasteiger partial charge in [0, 0.05) is 19.0 Å². The molecule has 6 nitrogen and oxygen atoms in total. The van der Waals surface area contributed by atoms with Crippen molar-refractivity contribution < 1.29 is 9.90 Å². The number of para-hydroxylation sites is 1. The molecule has 0 unspecified atom stereocenters. The van der Waals surface area contributed by atoms with Gasteiger partial charge >= 0.3 is 6.09 Å². The number of piperidine rings is 1. The van der Waals surface area contributed by atoms with Gasteiger partial charge in [-0.3, -0.25) is 0 Å². The first kappa shape index (κ1) is 18.3. The van der Waals surface area contributed by atoms with E-state index < -0.39 is 6.09 Å². The van der Waals surface area contributed by atoms with Crippen molar-refractivity contribution >= 4 is 35.4 Å². The number of hydrogen-bond acceptors (Lipinski definition) is 3. The van der Waals surface area contributed by atoms with Crippen LogP contribution in [-0.4, -0.2) is 44.2 Å². The number of nitrogens with zero attached hydrogens (tertiary/aromatic N) is 4. The average Bonchev–Trinajstić information content (AvgIpc) is 3.41. The van der Waals surface area contributed by atoms with Crippen LogP contribution in [0.4, 0.5) is 4.79 Å². The molecule has 0 spiro atoms. The Hall–Kier alpha value is -2.05. The van der Waals surface area contributed by atoms with Crippen molar-refractivity contribution in [3.8, 4) is 5.69 Å². The van der Waals surface area contributed by atoms with E-state index in [0.717, 1.165) is 37.1 Å². The average molecular weight is 407 g/mol. The fourth-order valence-corrected chi connectivity index (χ4v) is 4.03. The molecule has 1 saturated heterocycles. The Bertz CT molecular complexity index is 864. The van der Waals surface area contributed by atoms with Crippen LogP contribution in [0.3, 0.4) is 0 Å². The maximum atomic E-state index is 11.1. The molecule has 0 atom stereocenters. The summed E-state index contributed by atoms with van der Waals surface area (Å²) in [5, 5.41) is 18.9. The van der Waals surface area contributed by atoms with Crippen molar-refractivity contribution in [3.63, 3.8) is 0 Å². The minimum Gasteiger partial charge on any atom is -0.465 e. The van der Waals surface area contributed by atoms with E-state index >= 15 is 0 Å². The van der Waals surface area contributed by atoms with E-state index in [9.17, 15) is 4.79 Å². The van der Waals surface area contributed by atoms with E-state index in [0.29, 0.717) is 40.7 Å². The number of hydrogen-bond donors (Lipinski definition) is 1. The second-order valence-corrected chi connectivity index (χ2v) is 7.90. The zero-order valence-electron chi connectivity index (χ0n) is 14.7. The van der Waals surface area contributed by atoms with Gasteiger partial charge in [-0.25, -0.2) is 9.48 Å². The van der Waals surface area contributed by atoms with Gasteiger partial charge in [-0.1, -0.05) is 40.6 Å². The summed E-state index contributed by atoms with van der Waals surface area (Å²) < 4.78 is 1.72. The molecule has 27 heavy (non-hydrogen) atoms. The Morgan fingerprint density at radius 1 is 1.15 bits per heavy atom. The third-order valence-electron chi connectivity index (χ3n) is 5.18. The number of carbonyl (C=O) groups is 1. The van der Waals surface area contributed by atoms with Gasteiger partial charge in [0.05, 0.1) is 21.4 Å². The molecule has 2 heterocycles. The molecule has 0 radical (unpaired) electrons. The number of amides is 1. The van der Waals surface area contributed by atoms with Gasteiger partial charge in [0.25, 0.3) is 0 Å². The molecule has 1 amide bonds. The van der Waals surface area contributed by atoms with Crippen LogP contribution < -0.4 is 0 Å². The van der Waals surface area contributed by atoms with Crippen LogP contribution in [0, 0.1) is 5.92 Å². The van der Waals surface area contributed by atoms with Crippen LogP contribution in [-0.2, 0) is 0 Å². The number of likely N-dealkylation sites (tertiary alicyclic amines) is 1. The van der Waals surface area contributed by atoms with Crippen LogP contribution in [0.5, 0.6) is 0 Å². The standard InChI is InChI=1S/C19H20Cl2N4O2/c20-14-2-1-3-15(21)18(14)25-16(17(22-23-25)13-5-6-13)7-4-12-8-10-24(11-9-12)19(26)27/h1-4,7,12-13H,5-6,8-11H2,(H,26,27)/b7-4+. The quantitative estimate of drug-likeness (QED) is 0.786. The Labute approximate surface area is 167 Å². The van der Waals surface area contributed by atoms with E-state index in [1.165, 1.54) is 4.90 Å². The molecule has 1 aliphatic carbocycles. The molecular formula is C19H20Cl2N4O2. The van der Waals surface area contributed by atoms with Crippen LogP contribution in [0.15, 0.2) is 24.3 Å². The maximum absolute atomic E-state index is 11.1. The lowest BCUT2D eigenvalue weighted by molar-refractivity contribution is 0.129. The maximum Gasteiger partial charge on any atom is 0.407 e. The fraction of sp³-hybridized carbons (Fsp3) is 0.421. The molecule has 142 valence electrons. The van der Waals surface area contributed by atoms with Crippen LogP contribution in [0.25, 0.3) is 11.8 Å². The van der Waals surface area contributed by atoms with Crippen molar-refractivity contribution in [2.75, 3.05) is 13.1 Å². The number of halogens is 2. The molecule has 2 aliphatic rings. The van der Waals surface area contributed by atoms with E-state index in [1.54, 1.807) is 22.9 Å². The van der Waals surface area contributed by atoms with Crippen molar-refractivity contribution in [2.24, 2.45) is 5.92 Å². The third-order valence-corrected chi connectivity index (χ3v) is 5.79. The molecular weight excluding hydrogens is 387 g/mol. The summed E-state index contributed by atoms with van der Waals surface area (Å²) in [4.78, 5) is 12.5. The summed E-state index contributed by atoms with van der Waals surface area (Å²) in [6.45, 7) is 1.13. The molecule has 1 aromatic heterocycles. The largest absolute Gasteiger partial charge is 0.465 e. The first-order valence-electron chi connectivity index (χ1n) is 9.10. The predicted octanol–water partition coefficient (Wildman–Crippen LogP) is 4.85. The zero-order valence-corrected chi connectivity index (χ0v) is 16.2. The van der Waals surface area contributed by atoms with E-state index in [4.69, 9.17) is 28.3 Å². The Balaban J connectivity index is 1.62. The minimum absolute atomic E-state index is 0.331. The number of aromatic nitrogens is 3. The molecule has 4 rings (SSSR count). The van der Waals surface area contributed by atoms with E-state index in [-0.39, 0.29) is 0 Å². The smallest absolute Gasteiger partial charge is 0.407 e. The van der Waals surface area contributed by atoms with Gasteiger partial charge in [0.1, 0.15) is 5.69 Å². The molecule has 1 N–H and O–H groups in total. The van der Waals surface area contributed by atoms with Crippen LogP contribution in [0.2, 0.25) is 10.0 Å². The predicted molar refractivity (Wildman–Crippen MR) is 105 cm³/mol. The summed E-state index contributed by atoms with van der Waals surface area (Å²) in [6.07, 6.45) is 7.22. The third kappa shape index (κ3) is 3.82. The lowest BCUT2D eigenvalue weighted by Gasteiger charge is -2.28. The van der Waals surface area contributed by atoms with E-state index in [2.05, 4.69) is 22.5 Å². The molecule has 1 saturated carbocycles. The molecule has 2 aromatic rings. The number of rotatable bonds is 4. The second-order valence-electron chi connectivity index (χ2n) is 7.08. The Morgan fingerprint density at radius 2 is 1.81 bits per heavy atom. The monoisotopic (exact) mass is 406 g/mol. The summed E-state index contributed by atoms with van der Waals surface area (Å²) in [5.74, 6) is 0.770. The minimum atomic E-state index is -0.843. The summed E-state index contributed by atoms with van der Waals surface area (Å²) in [7, 11) is 0. The van der Waals surface area contributed by atoms with Gasteiger partial charge in [-0.05, 0) is 49.8 Å². The number of carboxylic acid groups (broad SMARTS) is 1. The highest BCUT2D eigenvalue weighted by molar-refractivity contribution is 6.37. The normalized spacial score (nSPS) is 18.4. The van der Waals surface area contributed by atoms with Crippen LogP contribution in [0.1, 0.15) is 43.0 Å². The molecule has 8 heteroatoms. The molecule has 0 bridgehead atoms. The summed E-state index contributed by atoms with van der Waals surface area (Å²) >= 11 is 12.8. The Kier molecular flexibility index (Phi) is 5.10. The SMILES string of the molecule is O=C(O)N1CCC(/C=C/c2c(C3CC3)nnn2-c2c(Cl)cccc2Cl)CC1. The molecule has 1 aromatic carbocycles. The number of allylic oxidation sites excluding steroid dienone is 1. The lowest BCUT2D eigenvalue weighted by atomic mass is 9.96. The topological polar surface area (TPSA) is 71.2 Å². The Morgan fingerprint density at radius 3 is 2.41 bits per heavy atom. The van der Waals surface area contributed by atoms with Crippen molar-refractivity contribution in [3.05, 3.63) is 45.7 Å². The number of benzene rings is 1. The molecule has 2 fully saturated rings. The zero-order chi connectivity index (χ0) is 19.0. The van der Waals surface area contributed by atoms with Crippen molar-refractivity contribution in [2.45, 2.75) is 31.6 Å². The van der Waals surface area contributed by atoms with E-state index in [1.807, 2.05) is 0 Å². The van der Waals surface area contributed by atoms with Gasteiger partial charge in [-0.15, -0.1) is 5.10 Å². The highest BCUT2D eigenvalue weighted by Crippen LogP contribution is 2.42. The van der Waals surface area contributed by atoms with Gasteiger partial charge < -0.3 is 10.0 Å². The van der Waals surface area contributed by atoms with Crippen LogP contribution >= 0.6 is 23.2 Å². The second kappa shape index (κ2) is 7.52. The fourth-order valence-electron chi connectivity index (χ4n) is 3.47. The summed E-state index contributed by atoms with van der Waals surface area (Å²) in [5.41, 5.74) is 2.53. The molecule has 1 aliphatic heterocycles. The highest BCUT2D eigenvalue weighted by atomic mass is 35.5. The summed E-state index contributed by atoms with van der Waals surface area (Å²) in [6, 6.07) is 5.38. The first-order valence-corrected chi connectivity index (χ1v) is 9.86. The van der Waals surface area contributed by atoms with Gasteiger partial charge in [0.2, 0.25) is 0 Å². The lowest BCUT2D eigenvalue weighted by Crippen LogP contribution is -2.36. The van der Waals surface area contributed by atoms with Crippen molar-refractivity contribution in [1.29, 1.82) is 0 Å². The van der Waals surface area contributed by atoms with Gasteiger partial charge in [-0.2, -0.15) is 0 Å².